The molecule has 0 aromatic rings. The van der Waals surface area contributed by atoms with Crippen LogP contribution in [0.15, 0.2) is 0 Å². The zero-order valence-corrected chi connectivity index (χ0v) is 12.3. The van der Waals surface area contributed by atoms with Gasteiger partial charge in [-0.1, -0.05) is 27.2 Å². The molecule has 2 heteroatoms. The van der Waals surface area contributed by atoms with Crippen LogP contribution in [0.25, 0.3) is 0 Å². The van der Waals surface area contributed by atoms with Crippen molar-refractivity contribution in [1.29, 1.82) is 0 Å². The smallest absolute Gasteiger partial charge is 0.223 e. The van der Waals surface area contributed by atoms with E-state index >= 15 is 0 Å². The average Bonchev–Trinajstić information content (AvgIpc) is 2.14. The van der Waals surface area contributed by atoms with E-state index in [1.54, 1.807) is 0 Å². The molecule has 1 N–H and O–H groups in total. The van der Waals surface area contributed by atoms with Gasteiger partial charge in [-0.15, -0.1) is 0 Å². The normalized spacial score (nSPS) is 30.4. The highest BCUT2D eigenvalue weighted by Crippen LogP contribution is 2.38. The Labute approximate surface area is 107 Å². The van der Waals surface area contributed by atoms with E-state index in [2.05, 4.69) is 46.9 Å². The second-order valence-electron chi connectivity index (χ2n) is 7.17. The minimum atomic E-state index is -0.112. The Morgan fingerprint density at radius 3 is 2.29 bits per heavy atom. The third-order valence-electron chi connectivity index (χ3n) is 3.86. The van der Waals surface area contributed by atoms with E-state index in [1.807, 2.05) is 0 Å². The van der Waals surface area contributed by atoms with Gasteiger partial charge >= 0.3 is 0 Å². The standard InChI is InChI=1S/C15H29NO/c1-10(2)12-8-7-11(3)9-13(12)14(17)16-15(4,5)6/h10-13H,7-9H2,1-6H3,(H,16,17)/t11-,12+,13-/m1/s1. The molecule has 1 amide bonds. The fourth-order valence-electron chi connectivity index (χ4n) is 2.97. The number of rotatable bonds is 2. The van der Waals surface area contributed by atoms with E-state index in [0.717, 1.165) is 6.42 Å². The van der Waals surface area contributed by atoms with Crippen LogP contribution >= 0.6 is 0 Å². The predicted molar refractivity (Wildman–Crippen MR) is 72.7 cm³/mol. The maximum absolute atomic E-state index is 12.4. The summed E-state index contributed by atoms with van der Waals surface area (Å²) >= 11 is 0. The van der Waals surface area contributed by atoms with Gasteiger partial charge in [0.1, 0.15) is 0 Å². The van der Waals surface area contributed by atoms with Crippen LogP contribution in [0.1, 0.15) is 60.8 Å². The lowest BCUT2D eigenvalue weighted by molar-refractivity contribution is -0.130. The Morgan fingerprint density at radius 1 is 1.24 bits per heavy atom. The lowest BCUT2D eigenvalue weighted by Crippen LogP contribution is -2.47. The van der Waals surface area contributed by atoms with Crippen molar-refractivity contribution < 1.29 is 4.79 Å². The molecule has 1 fully saturated rings. The Kier molecular flexibility index (Phi) is 4.62. The molecule has 0 radical (unpaired) electrons. The van der Waals surface area contributed by atoms with Gasteiger partial charge in [0.15, 0.2) is 0 Å². The summed E-state index contributed by atoms with van der Waals surface area (Å²) in [6.45, 7) is 12.9. The Balaban J connectivity index is 2.72. The molecule has 0 saturated heterocycles. The number of hydrogen-bond donors (Lipinski definition) is 1. The van der Waals surface area contributed by atoms with Crippen LogP contribution in [0, 0.1) is 23.7 Å². The van der Waals surface area contributed by atoms with Gasteiger partial charge in [-0.3, -0.25) is 4.79 Å². The van der Waals surface area contributed by atoms with Crippen LogP contribution in [0.5, 0.6) is 0 Å². The first-order chi connectivity index (χ1) is 7.70. The van der Waals surface area contributed by atoms with Crippen molar-refractivity contribution >= 4 is 5.91 Å². The highest BCUT2D eigenvalue weighted by Gasteiger charge is 2.36. The summed E-state index contributed by atoms with van der Waals surface area (Å²) in [5.74, 6) is 2.35. The second-order valence-corrected chi connectivity index (χ2v) is 7.17. The largest absolute Gasteiger partial charge is 0.351 e. The van der Waals surface area contributed by atoms with E-state index in [4.69, 9.17) is 0 Å². The number of carbonyl (C=O) groups excluding carboxylic acids is 1. The van der Waals surface area contributed by atoms with E-state index in [0.29, 0.717) is 17.8 Å². The van der Waals surface area contributed by atoms with Gasteiger partial charge in [-0.05, 0) is 51.4 Å². The maximum Gasteiger partial charge on any atom is 0.223 e. The van der Waals surface area contributed by atoms with Crippen LogP contribution in [0.2, 0.25) is 0 Å². The molecule has 1 aliphatic rings. The van der Waals surface area contributed by atoms with Gasteiger partial charge in [0, 0.05) is 11.5 Å². The first kappa shape index (κ1) is 14.5. The van der Waals surface area contributed by atoms with Crippen LogP contribution < -0.4 is 5.32 Å². The summed E-state index contributed by atoms with van der Waals surface area (Å²) in [6.07, 6.45) is 3.55. The first-order valence-electron chi connectivity index (χ1n) is 7.02. The van der Waals surface area contributed by atoms with Gasteiger partial charge < -0.3 is 5.32 Å². The number of nitrogens with one attached hydrogen (secondary N) is 1. The summed E-state index contributed by atoms with van der Waals surface area (Å²) in [4.78, 5) is 12.4. The molecule has 0 aromatic heterocycles. The summed E-state index contributed by atoms with van der Waals surface area (Å²) in [6, 6.07) is 0. The predicted octanol–water partition coefficient (Wildman–Crippen LogP) is 3.61. The van der Waals surface area contributed by atoms with Crippen molar-refractivity contribution in [2.75, 3.05) is 0 Å². The van der Waals surface area contributed by atoms with Crippen LogP contribution in [0.3, 0.4) is 0 Å². The molecule has 100 valence electrons. The highest BCUT2D eigenvalue weighted by molar-refractivity contribution is 5.79. The van der Waals surface area contributed by atoms with Crippen LogP contribution in [0.4, 0.5) is 0 Å². The average molecular weight is 239 g/mol. The lowest BCUT2D eigenvalue weighted by atomic mass is 9.69. The van der Waals surface area contributed by atoms with E-state index in [9.17, 15) is 4.79 Å². The van der Waals surface area contributed by atoms with E-state index < -0.39 is 0 Å². The fraction of sp³-hybridized carbons (Fsp3) is 0.933. The monoisotopic (exact) mass is 239 g/mol. The topological polar surface area (TPSA) is 29.1 Å². The van der Waals surface area contributed by atoms with Crippen molar-refractivity contribution in [2.45, 2.75) is 66.3 Å². The Bertz CT molecular complexity index is 265. The minimum absolute atomic E-state index is 0.112. The lowest BCUT2D eigenvalue weighted by Gasteiger charge is -2.37. The molecule has 17 heavy (non-hydrogen) atoms. The molecular formula is C15H29NO. The third-order valence-corrected chi connectivity index (χ3v) is 3.86. The molecule has 0 aromatic carbocycles. The number of carbonyl (C=O) groups is 1. The summed E-state index contributed by atoms with van der Waals surface area (Å²) in [7, 11) is 0. The molecule has 3 atom stereocenters. The van der Waals surface area contributed by atoms with Crippen molar-refractivity contribution in [3.63, 3.8) is 0 Å². The molecule has 0 unspecified atom stereocenters. The maximum atomic E-state index is 12.4. The van der Waals surface area contributed by atoms with Gasteiger partial charge in [-0.2, -0.15) is 0 Å². The van der Waals surface area contributed by atoms with Crippen molar-refractivity contribution in [3.05, 3.63) is 0 Å². The van der Waals surface area contributed by atoms with Gasteiger partial charge in [-0.25, -0.2) is 0 Å². The molecule has 0 aliphatic heterocycles. The molecule has 0 spiro atoms. The molecule has 1 rings (SSSR count). The van der Waals surface area contributed by atoms with Gasteiger partial charge in [0.25, 0.3) is 0 Å². The number of hydrogen-bond acceptors (Lipinski definition) is 1. The SMILES string of the molecule is CC(C)[C@@H]1CC[C@@H](C)C[C@H]1C(=O)NC(C)(C)C. The van der Waals surface area contributed by atoms with E-state index in [-0.39, 0.29) is 17.4 Å². The van der Waals surface area contributed by atoms with Gasteiger partial charge in [0.2, 0.25) is 5.91 Å². The second kappa shape index (κ2) is 5.41. The zero-order chi connectivity index (χ0) is 13.2. The van der Waals surface area contributed by atoms with E-state index in [1.165, 1.54) is 12.8 Å². The summed E-state index contributed by atoms with van der Waals surface area (Å²) < 4.78 is 0. The molecule has 0 heterocycles. The first-order valence-corrected chi connectivity index (χ1v) is 7.02. The Morgan fingerprint density at radius 2 is 1.82 bits per heavy atom. The zero-order valence-electron chi connectivity index (χ0n) is 12.3. The van der Waals surface area contributed by atoms with Crippen molar-refractivity contribution in [1.82, 2.24) is 5.32 Å². The quantitative estimate of drug-likeness (QED) is 0.783. The molecule has 0 bridgehead atoms. The van der Waals surface area contributed by atoms with Gasteiger partial charge in [0.05, 0.1) is 0 Å². The minimum Gasteiger partial charge on any atom is -0.351 e. The van der Waals surface area contributed by atoms with Crippen molar-refractivity contribution in [3.8, 4) is 0 Å². The highest BCUT2D eigenvalue weighted by atomic mass is 16.2. The molecular weight excluding hydrogens is 210 g/mol. The number of amides is 1. The molecule has 1 saturated carbocycles. The summed E-state index contributed by atoms with van der Waals surface area (Å²) in [5, 5.41) is 3.16. The fourth-order valence-corrected chi connectivity index (χ4v) is 2.97. The Hall–Kier alpha value is -0.530. The molecule has 2 nitrogen and oxygen atoms in total. The van der Waals surface area contributed by atoms with Crippen LogP contribution in [-0.2, 0) is 4.79 Å². The molecule has 1 aliphatic carbocycles. The van der Waals surface area contributed by atoms with Crippen LogP contribution in [-0.4, -0.2) is 11.4 Å². The summed E-state index contributed by atoms with van der Waals surface area (Å²) in [5.41, 5.74) is -0.112. The van der Waals surface area contributed by atoms with Crippen molar-refractivity contribution in [2.24, 2.45) is 23.7 Å². The third kappa shape index (κ3) is 4.33.